The number of aromatic amines is 1. The molecular weight excluding hydrogens is 250 g/mol. The van der Waals surface area contributed by atoms with Crippen molar-refractivity contribution in [2.45, 2.75) is 13.3 Å². The second kappa shape index (κ2) is 4.28. The third-order valence-electron chi connectivity index (χ3n) is 3.44. The molecule has 0 bridgehead atoms. The van der Waals surface area contributed by atoms with Crippen molar-refractivity contribution < 1.29 is 4.79 Å². The predicted octanol–water partition coefficient (Wildman–Crippen LogP) is 1.97. The molecule has 0 aromatic carbocycles. The highest BCUT2D eigenvalue weighted by Crippen LogP contribution is 2.29. The Morgan fingerprint density at radius 1 is 1.50 bits per heavy atom. The standard InChI is InChI=1S/C13H14ClN3O/c1-7-6-16-12(14)5-8(7)11-4-9-10(17-11)2-3-15-13(9)18/h4-5,7,17H,2-3,6H2,1H3,(H,15,18). The quantitative estimate of drug-likeness (QED) is 0.800. The molecule has 2 aliphatic rings. The van der Waals surface area contributed by atoms with Gasteiger partial charge in [0, 0.05) is 36.8 Å². The zero-order valence-electron chi connectivity index (χ0n) is 10.1. The highest BCUT2D eigenvalue weighted by atomic mass is 35.5. The maximum Gasteiger partial charge on any atom is 0.253 e. The normalized spacial score (nSPS) is 23.0. The first-order chi connectivity index (χ1) is 8.65. The molecule has 4 nitrogen and oxygen atoms in total. The van der Waals surface area contributed by atoms with E-state index in [9.17, 15) is 4.79 Å². The van der Waals surface area contributed by atoms with Crippen molar-refractivity contribution in [3.63, 3.8) is 0 Å². The number of carbonyl (C=O) groups excluding carboxylic acids is 1. The first-order valence-electron chi connectivity index (χ1n) is 6.07. The molecule has 2 aliphatic heterocycles. The Hall–Kier alpha value is -1.55. The summed E-state index contributed by atoms with van der Waals surface area (Å²) in [5.41, 5.74) is 3.87. The lowest BCUT2D eigenvalue weighted by molar-refractivity contribution is 0.0946. The van der Waals surface area contributed by atoms with Crippen LogP contribution < -0.4 is 5.32 Å². The minimum Gasteiger partial charge on any atom is -0.358 e. The first kappa shape index (κ1) is 11.5. The largest absolute Gasteiger partial charge is 0.358 e. The van der Waals surface area contributed by atoms with Gasteiger partial charge in [-0.1, -0.05) is 18.5 Å². The van der Waals surface area contributed by atoms with Crippen molar-refractivity contribution in [2.24, 2.45) is 10.9 Å². The van der Waals surface area contributed by atoms with Crippen molar-refractivity contribution >= 4 is 28.3 Å². The summed E-state index contributed by atoms with van der Waals surface area (Å²) >= 11 is 5.96. The van der Waals surface area contributed by atoms with Gasteiger partial charge in [-0.15, -0.1) is 0 Å². The maximum absolute atomic E-state index is 11.7. The number of hydrogen-bond donors (Lipinski definition) is 2. The number of aliphatic imine (C=N–C) groups is 1. The van der Waals surface area contributed by atoms with E-state index in [1.165, 1.54) is 0 Å². The summed E-state index contributed by atoms with van der Waals surface area (Å²) in [5, 5.41) is 3.37. The molecule has 0 saturated heterocycles. The van der Waals surface area contributed by atoms with Crippen LogP contribution >= 0.6 is 11.6 Å². The van der Waals surface area contributed by atoms with Gasteiger partial charge in [-0.3, -0.25) is 9.79 Å². The number of nitrogens with one attached hydrogen (secondary N) is 2. The molecule has 1 aromatic rings. The number of nitrogens with zero attached hydrogens (tertiary/aromatic N) is 1. The van der Waals surface area contributed by atoms with Crippen molar-refractivity contribution in [3.8, 4) is 0 Å². The van der Waals surface area contributed by atoms with Crippen LogP contribution in [0.1, 0.15) is 28.7 Å². The Kier molecular flexibility index (Phi) is 2.74. The van der Waals surface area contributed by atoms with Gasteiger partial charge in [0.25, 0.3) is 5.91 Å². The van der Waals surface area contributed by atoms with Gasteiger partial charge in [-0.2, -0.15) is 0 Å². The molecule has 0 radical (unpaired) electrons. The number of dihydropyridines is 1. The molecule has 1 aromatic heterocycles. The van der Waals surface area contributed by atoms with Crippen LogP contribution in [-0.4, -0.2) is 29.2 Å². The second-order valence-electron chi connectivity index (χ2n) is 4.75. The summed E-state index contributed by atoms with van der Waals surface area (Å²) in [6.45, 7) is 3.50. The van der Waals surface area contributed by atoms with Gasteiger partial charge in [0.15, 0.2) is 0 Å². The van der Waals surface area contributed by atoms with Crippen LogP contribution in [0.5, 0.6) is 0 Å². The summed E-state index contributed by atoms with van der Waals surface area (Å²) in [6.07, 6.45) is 2.73. The molecule has 3 heterocycles. The van der Waals surface area contributed by atoms with E-state index in [0.29, 0.717) is 24.2 Å². The fourth-order valence-corrected chi connectivity index (χ4v) is 2.62. The van der Waals surface area contributed by atoms with Gasteiger partial charge in [-0.05, 0) is 17.7 Å². The molecular formula is C13H14ClN3O. The molecule has 2 N–H and O–H groups in total. The fourth-order valence-electron chi connectivity index (χ4n) is 2.43. The SMILES string of the molecule is CC1CN=C(Cl)C=C1c1cc2c([nH]1)CCNC2=O. The van der Waals surface area contributed by atoms with Gasteiger partial charge >= 0.3 is 0 Å². The van der Waals surface area contributed by atoms with Crippen LogP contribution in [-0.2, 0) is 6.42 Å². The van der Waals surface area contributed by atoms with E-state index in [4.69, 9.17) is 11.6 Å². The lowest BCUT2D eigenvalue weighted by Gasteiger charge is -2.16. The zero-order chi connectivity index (χ0) is 12.7. The van der Waals surface area contributed by atoms with Crippen molar-refractivity contribution in [1.29, 1.82) is 0 Å². The van der Waals surface area contributed by atoms with E-state index < -0.39 is 0 Å². The molecule has 0 saturated carbocycles. The Bertz CT molecular complexity index is 571. The topological polar surface area (TPSA) is 57.2 Å². The highest BCUT2D eigenvalue weighted by Gasteiger charge is 2.23. The lowest BCUT2D eigenvalue weighted by Crippen LogP contribution is -2.31. The number of H-pyrrole nitrogens is 1. The van der Waals surface area contributed by atoms with Gasteiger partial charge in [-0.25, -0.2) is 0 Å². The Morgan fingerprint density at radius 3 is 3.11 bits per heavy atom. The van der Waals surface area contributed by atoms with Crippen LogP contribution in [0.2, 0.25) is 0 Å². The molecule has 1 atom stereocenters. The number of amides is 1. The van der Waals surface area contributed by atoms with E-state index in [1.54, 1.807) is 0 Å². The van der Waals surface area contributed by atoms with E-state index in [-0.39, 0.29) is 5.91 Å². The van der Waals surface area contributed by atoms with Gasteiger partial charge < -0.3 is 10.3 Å². The second-order valence-corrected chi connectivity index (χ2v) is 5.13. The lowest BCUT2D eigenvalue weighted by atomic mass is 9.96. The molecule has 1 amide bonds. The monoisotopic (exact) mass is 263 g/mol. The summed E-state index contributed by atoms with van der Waals surface area (Å²) in [7, 11) is 0. The average molecular weight is 264 g/mol. The van der Waals surface area contributed by atoms with Crippen molar-refractivity contribution in [1.82, 2.24) is 10.3 Å². The van der Waals surface area contributed by atoms with Crippen LogP contribution in [0.4, 0.5) is 0 Å². The van der Waals surface area contributed by atoms with Crippen LogP contribution in [0.3, 0.4) is 0 Å². The predicted molar refractivity (Wildman–Crippen MR) is 72.1 cm³/mol. The zero-order valence-corrected chi connectivity index (χ0v) is 10.8. The van der Waals surface area contributed by atoms with Crippen molar-refractivity contribution in [2.75, 3.05) is 13.1 Å². The number of hydrogen-bond acceptors (Lipinski definition) is 2. The molecule has 94 valence electrons. The molecule has 0 spiro atoms. The van der Waals surface area contributed by atoms with Crippen molar-refractivity contribution in [3.05, 3.63) is 29.1 Å². The van der Waals surface area contributed by atoms with Crippen LogP contribution in [0.15, 0.2) is 17.1 Å². The number of carbonyl (C=O) groups is 1. The smallest absolute Gasteiger partial charge is 0.253 e. The van der Waals surface area contributed by atoms with Gasteiger partial charge in [0.05, 0.1) is 5.56 Å². The third-order valence-corrected chi connectivity index (χ3v) is 3.67. The minimum absolute atomic E-state index is 0.00239. The van der Waals surface area contributed by atoms with Crippen LogP contribution in [0.25, 0.3) is 5.57 Å². The first-order valence-corrected chi connectivity index (χ1v) is 6.45. The molecule has 0 aliphatic carbocycles. The fraction of sp³-hybridized carbons (Fsp3) is 0.385. The number of fused-ring (bicyclic) bond motifs is 1. The summed E-state index contributed by atoms with van der Waals surface area (Å²) in [6, 6.07) is 1.92. The number of halogens is 1. The Balaban J connectivity index is 2.03. The average Bonchev–Trinajstić information content (AvgIpc) is 2.77. The van der Waals surface area contributed by atoms with Gasteiger partial charge in [0.1, 0.15) is 5.17 Å². The summed E-state index contributed by atoms with van der Waals surface area (Å²) in [4.78, 5) is 19.3. The number of rotatable bonds is 1. The Labute approximate surface area is 110 Å². The van der Waals surface area contributed by atoms with E-state index in [2.05, 4.69) is 22.2 Å². The molecule has 18 heavy (non-hydrogen) atoms. The maximum atomic E-state index is 11.7. The summed E-state index contributed by atoms with van der Waals surface area (Å²) < 4.78 is 0. The molecule has 5 heteroatoms. The van der Waals surface area contributed by atoms with E-state index >= 15 is 0 Å². The summed E-state index contributed by atoms with van der Waals surface area (Å²) in [5.74, 6) is 0.318. The Morgan fingerprint density at radius 2 is 2.33 bits per heavy atom. The molecule has 0 fully saturated rings. The molecule has 1 unspecified atom stereocenters. The number of aromatic nitrogens is 1. The molecule has 3 rings (SSSR count). The van der Waals surface area contributed by atoms with E-state index in [1.807, 2.05) is 12.1 Å². The van der Waals surface area contributed by atoms with Crippen LogP contribution in [0, 0.1) is 5.92 Å². The highest BCUT2D eigenvalue weighted by molar-refractivity contribution is 6.69. The number of allylic oxidation sites excluding steroid dienone is 1. The third kappa shape index (κ3) is 1.86. The van der Waals surface area contributed by atoms with Gasteiger partial charge in [0.2, 0.25) is 0 Å². The minimum atomic E-state index is 0.00239. The van der Waals surface area contributed by atoms with E-state index in [0.717, 1.165) is 28.9 Å².